The van der Waals surface area contributed by atoms with Gasteiger partial charge in [0.2, 0.25) is 11.8 Å². The number of amides is 2. The van der Waals surface area contributed by atoms with Crippen LogP contribution in [0.5, 0.6) is 0 Å². The van der Waals surface area contributed by atoms with Crippen molar-refractivity contribution in [1.82, 2.24) is 9.88 Å². The van der Waals surface area contributed by atoms with Crippen LogP contribution in [-0.2, 0) is 19.1 Å². The number of fused-ring (bicyclic) bond motifs is 7. The number of Topliss-reactive ketones (excluding diaryl/α,β-unsaturated/α-hetero) is 1. The number of ether oxygens (including phenoxy) is 1. The quantitative estimate of drug-likeness (QED) is 0.738. The van der Waals surface area contributed by atoms with Crippen molar-refractivity contribution in [3.63, 3.8) is 0 Å². The van der Waals surface area contributed by atoms with Crippen molar-refractivity contribution < 1.29 is 19.1 Å². The minimum absolute atomic E-state index is 0.119. The topological polar surface area (TPSA) is 79.8 Å². The highest BCUT2D eigenvalue weighted by Crippen LogP contribution is 2.49. The molecule has 7 heteroatoms. The SMILES string of the molecule is COCCN1C(=O)[C@@H]2[C@H](C1=O)[C@H](C(C)=O)N1c3c(ccc4cccnc34)C=C[C@@H]21. The Morgan fingerprint density at radius 1 is 1.17 bits per heavy atom. The zero-order chi connectivity index (χ0) is 20.3. The fraction of sp³-hybridized carbons (Fsp3) is 0.364. The second-order valence-corrected chi connectivity index (χ2v) is 7.76. The first-order valence-electron chi connectivity index (χ1n) is 9.73. The third-order valence-electron chi connectivity index (χ3n) is 6.26. The Morgan fingerprint density at radius 3 is 2.72 bits per heavy atom. The summed E-state index contributed by atoms with van der Waals surface area (Å²) in [5, 5.41) is 0.957. The Bertz CT molecular complexity index is 1080. The average Bonchev–Trinajstić information content (AvgIpc) is 3.19. The van der Waals surface area contributed by atoms with E-state index in [9.17, 15) is 14.4 Å². The van der Waals surface area contributed by atoms with Gasteiger partial charge in [0.15, 0.2) is 5.78 Å². The number of rotatable bonds is 4. The highest BCUT2D eigenvalue weighted by molar-refractivity contribution is 6.12. The molecule has 0 unspecified atom stereocenters. The van der Waals surface area contributed by atoms with Crippen LogP contribution >= 0.6 is 0 Å². The standard InChI is InChI=1S/C22H21N3O4/c1-12(26)19-17-16(21(27)24(22(17)28)10-11-29-2)15-8-7-14-6-5-13-4-3-9-23-18(13)20(14)25(15)19/h3-9,15-17,19H,10-11H2,1-2H3/t15-,16-,17-,19-/m0/s1. The molecule has 2 saturated heterocycles. The Labute approximate surface area is 167 Å². The van der Waals surface area contributed by atoms with Gasteiger partial charge in [0.25, 0.3) is 0 Å². The zero-order valence-electron chi connectivity index (χ0n) is 16.2. The number of nitrogens with zero attached hydrogens (tertiary/aromatic N) is 3. The molecule has 7 nitrogen and oxygen atoms in total. The average molecular weight is 391 g/mol. The van der Waals surface area contributed by atoms with E-state index >= 15 is 0 Å². The molecular formula is C22H21N3O4. The number of benzene rings is 1. The molecule has 3 aliphatic rings. The monoisotopic (exact) mass is 391 g/mol. The van der Waals surface area contributed by atoms with E-state index in [1.807, 2.05) is 41.3 Å². The molecule has 4 atom stereocenters. The van der Waals surface area contributed by atoms with E-state index in [0.29, 0.717) is 0 Å². The van der Waals surface area contributed by atoms with Gasteiger partial charge in [-0.1, -0.05) is 30.4 Å². The fourth-order valence-electron chi connectivity index (χ4n) is 5.10. The van der Waals surface area contributed by atoms with E-state index in [2.05, 4.69) is 4.98 Å². The number of aromatic nitrogens is 1. The number of imide groups is 1. The van der Waals surface area contributed by atoms with Gasteiger partial charge in [-0.25, -0.2) is 0 Å². The number of hydrogen-bond donors (Lipinski definition) is 0. The minimum Gasteiger partial charge on any atom is -0.383 e. The number of anilines is 1. The van der Waals surface area contributed by atoms with E-state index < -0.39 is 17.9 Å². The molecule has 5 rings (SSSR count). The molecule has 29 heavy (non-hydrogen) atoms. The number of carbonyl (C=O) groups is 3. The van der Waals surface area contributed by atoms with Crippen molar-refractivity contribution in [3.8, 4) is 0 Å². The fourth-order valence-corrected chi connectivity index (χ4v) is 5.10. The largest absolute Gasteiger partial charge is 0.383 e. The minimum atomic E-state index is -0.690. The Balaban J connectivity index is 1.67. The first-order valence-corrected chi connectivity index (χ1v) is 9.73. The van der Waals surface area contributed by atoms with Crippen LogP contribution in [0.2, 0.25) is 0 Å². The predicted octanol–water partition coefficient (Wildman–Crippen LogP) is 1.66. The molecule has 0 aliphatic carbocycles. The second-order valence-electron chi connectivity index (χ2n) is 7.76. The van der Waals surface area contributed by atoms with Crippen LogP contribution in [0.3, 0.4) is 0 Å². The van der Waals surface area contributed by atoms with Gasteiger partial charge in [0.05, 0.1) is 42.2 Å². The second kappa shape index (κ2) is 6.49. The highest BCUT2D eigenvalue weighted by Gasteiger charge is 2.63. The first kappa shape index (κ1) is 18.0. The maximum Gasteiger partial charge on any atom is 0.235 e. The van der Waals surface area contributed by atoms with Crippen molar-refractivity contribution in [2.24, 2.45) is 11.8 Å². The number of hydrogen-bond acceptors (Lipinski definition) is 6. The molecule has 0 bridgehead atoms. The lowest BCUT2D eigenvalue weighted by Crippen LogP contribution is -2.48. The summed E-state index contributed by atoms with van der Waals surface area (Å²) in [6.45, 7) is 1.99. The van der Waals surface area contributed by atoms with E-state index in [-0.39, 0.29) is 36.8 Å². The molecule has 1 aromatic carbocycles. The van der Waals surface area contributed by atoms with Crippen LogP contribution in [0, 0.1) is 11.8 Å². The molecule has 4 heterocycles. The molecule has 0 saturated carbocycles. The molecule has 2 fully saturated rings. The van der Waals surface area contributed by atoms with Gasteiger partial charge in [-0.2, -0.15) is 0 Å². The van der Waals surface area contributed by atoms with Crippen molar-refractivity contribution in [2.45, 2.75) is 19.0 Å². The van der Waals surface area contributed by atoms with Gasteiger partial charge >= 0.3 is 0 Å². The predicted molar refractivity (Wildman–Crippen MR) is 107 cm³/mol. The normalized spacial score (nSPS) is 27.4. The number of ketones is 1. The van der Waals surface area contributed by atoms with Gasteiger partial charge in [0, 0.05) is 18.7 Å². The molecule has 2 aromatic rings. The lowest BCUT2D eigenvalue weighted by molar-refractivity contribution is -0.141. The van der Waals surface area contributed by atoms with E-state index in [1.165, 1.54) is 18.9 Å². The molecule has 0 N–H and O–H groups in total. The number of methoxy groups -OCH3 is 1. The number of carbonyl (C=O) groups excluding carboxylic acids is 3. The third kappa shape index (κ3) is 2.40. The van der Waals surface area contributed by atoms with Crippen molar-refractivity contribution in [3.05, 3.63) is 42.1 Å². The van der Waals surface area contributed by atoms with Crippen molar-refractivity contribution >= 4 is 40.3 Å². The summed E-state index contributed by atoms with van der Waals surface area (Å²) in [6.07, 6.45) is 5.64. The van der Waals surface area contributed by atoms with E-state index in [0.717, 1.165) is 22.2 Å². The number of likely N-dealkylation sites (tertiary alicyclic amines) is 1. The summed E-state index contributed by atoms with van der Waals surface area (Å²) < 4.78 is 5.05. The Kier molecular flexibility index (Phi) is 4.03. The zero-order valence-corrected chi connectivity index (χ0v) is 16.2. The van der Waals surface area contributed by atoms with Crippen LogP contribution in [0.4, 0.5) is 5.69 Å². The van der Waals surface area contributed by atoms with Gasteiger partial charge in [-0.05, 0) is 18.6 Å². The maximum absolute atomic E-state index is 13.2. The van der Waals surface area contributed by atoms with Crippen molar-refractivity contribution in [2.75, 3.05) is 25.2 Å². The lowest BCUT2D eigenvalue weighted by atomic mass is 9.88. The maximum atomic E-state index is 13.2. The summed E-state index contributed by atoms with van der Waals surface area (Å²) in [7, 11) is 1.53. The lowest BCUT2D eigenvalue weighted by Gasteiger charge is -2.36. The Morgan fingerprint density at radius 2 is 1.97 bits per heavy atom. The highest BCUT2D eigenvalue weighted by atomic mass is 16.5. The molecule has 3 aliphatic heterocycles. The summed E-state index contributed by atoms with van der Waals surface area (Å²) in [5.41, 5.74) is 2.55. The Hall–Kier alpha value is -3.06. The van der Waals surface area contributed by atoms with E-state index in [4.69, 9.17) is 4.74 Å². The van der Waals surface area contributed by atoms with Crippen LogP contribution in [-0.4, -0.2) is 59.8 Å². The summed E-state index contributed by atoms with van der Waals surface area (Å²) in [4.78, 5) is 46.9. The van der Waals surface area contributed by atoms with Crippen LogP contribution in [0.1, 0.15) is 12.5 Å². The molecular weight excluding hydrogens is 370 g/mol. The van der Waals surface area contributed by atoms with Gasteiger partial charge in [-0.3, -0.25) is 24.3 Å². The molecule has 0 spiro atoms. The summed E-state index contributed by atoms with van der Waals surface area (Å²) in [5.74, 6) is -1.88. The molecule has 2 amide bonds. The smallest absolute Gasteiger partial charge is 0.235 e. The van der Waals surface area contributed by atoms with Crippen molar-refractivity contribution in [1.29, 1.82) is 0 Å². The van der Waals surface area contributed by atoms with Gasteiger partial charge in [0.1, 0.15) is 6.04 Å². The van der Waals surface area contributed by atoms with Crippen LogP contribution in [0.15, 0.2) is 36.5 Å². The molecule has 1 aromatic heterocycles. The third-order valence-corrected chi connectivity index (χ3v) is 6.26. The molecule has 148 valence electrons. The summed E-state index contributed by atoms with van der Waals surface area (Å²) in [6, 6.07) is 6.79. The van der Waals surface area contributed by atoms with Gasteiger partial charge < -0.3 is 9.64 Å². The van der Waals surface area contributed by atoms with Crippen LogP contribution < -0.4 is 4.90 Å². The van der Waals surface area contributed by atoms with E-state index in [1.54, 1.807) is 6.20 Å². The first-order chi connectivity index (χ1) is 14.0. The van der Waals surface area contributed by atoms with Gasteiger partial charge in [-0.15, -0.1) is 0 Å². The summed E-state index contributed by atoms with van der Waals surface area (Å²) >= 11 is 0. The van der Waals surface area contributed by atoms with Crippen LogP contribution in [0.25, 0.3) is 17.0 Å². The molecule has 0 radical (unpaired) electrons. The number of pyridine rings is 1.